The van der Waals surface area contributed by atoms with Crippen molar-refractivity contribution in [2.24, 2.45) is 5.92 Å². The lowest BCUT2D eigenvalue weighted by molar-refractivity contribution is -0.384. The van der Waals surface area contributed by atoms with E-state index in [-0.39, 0.29) is 23.7 Å². The number of nitro groups is 1. The fourth-order valence-corrected chi connectivity index (χ4v) is 1.91. The van der Waals surface area contributed by atoms with Crippen molar-refractivity contribution in [2.75, 3.05) is 6.54 Å². The van der Waals surface area contributed by atoms with Crippen LogP contribution in [0, 0.1) is 19.6 Å². The molecule has 0 radical (unpaired) electrons. The Labute approximate surface area is 124 Å². The first-order chi connectivity index (χ1) is 8.82. The molecule has 1 atom stereocenters. The van der Waals surface area contributed by atoms with Crippen molar-refractivity contribution in [1.29, 1.82) is 0 Å². The predicted octanol–water partition coefficient (Wildman–Crippen LogP) is 1.95. The molecule has 0 fully saturated rings. The Bertz CT molecular complexity index is 491. The van der Waals surface area contributed by atoms with Crippen molar-refractivity contribution >= 4 is 34.2 Å². The normalized spacial score (nSPS) is 12.3. The van der Waals surface area contributed by atoms with Crippen LogP contribution in [0.2, 0.25) is 0 Å². The summed E-state index contributed by atoms with van der Waals surface area (Å²) in [6, 6.07) is 4.10. The van der Waals surface area contributed by atoms with E-state index in [9.17, 15) is 20.0 Å². The van der Waals surface area contributed by atoms with Gasteiger partial charge in [0.05, 0.1) is 16.6 Å². The highest BCUT2D eigenvalue weighted by atomic mass is 127. The summed E-state index contributed by atoms with van der Waals surface area (Å²) >= 11 is 1.94. The first-order valence-electron chi connectivity index (χ1n) is 5.73. The Balaban J connectivity index is 2.82. The number of nitrogens with zero attached hydrogens (tertiary/aromatic N) is 1. The van der Waals surface area contributed by atoms with Crippen LogP contribution in [0.15, 0.2) is 18.2 Å². The van der Waals surface area contributed by atoms with Crippen LogP contribution < -0.4 is 5.32 Å². The predicted molar refractivity (Wildman–Crippen MR) is 79.0 cm³/mol. The fraction of sp³-hybridized carbons (Fsp3) is 0.417. The number of aliphatic hydroxyl groups excluding tert-OH is 1. The molecule has 0 saturated carbocycles. The number of hydrogen-bond donors (Lipinski definition) is 2. The minimum absolute atomic E-state index is 0.0319. The zero-order chi connectivity index (χ0) is 14.6. The first-order valence-corrected chi connectivity index (χ1v) is 6.81. The topological polar surface area (TPSA) is 92.5 Å². The van der Waals surface area contributed by atoms with E-state index in [1.807, 2.05) is 36.4 Å². The van der Waals surface area contributed by atoms with Gasteiger partial charge in [-0.1, -0.05) is 13.8 Å². The lowest BCUT2D eigenvalue weighted by atomic mass is 10.1. The van der Waals surface area contributed by atoms with Crippen LogP contribution >= 0.6 is 22.6 Å². The second-order valence-corrected chi connectivity index (χ2v) is 5.60. The number of hydrogen-bond acceptors (Lipinski definition) is 4. The smallest absolute Gasteiger partial charge is 0.270 e. The standard InChI is InChI=1S/C12H15IN2O4/c1-7(2)11(16)6-14-12(17)9-5-8(15(18)19)3-4-10(9)13/h3-5,7,11,16H,6H2,1-2H3,(H,14,17). The van der Waals surface area contributed by atoms with Gasteiger partial charge in [0, 0.05) is 22.2 Å². The number of benzene rings is 1. The van der Waals surface area contributed by atoms with Gasteiger partial charge in [-0.3, -0.25) is 14.9 Å². The van der Waals surface area contributed by atoms with Crippen molar-refractivity contribution in [3.8, 4) is 0 Å². The van der Waals surface area contributed by atoms with Crippen LogP contribution in [0.25, 0.3) is 0 Å². The van der Waals surface area contributed by atoms with Gasteiger partial charge in [-0.25, -0.2) is 0 Å². The number of nitrogens with one attached hydrogen (secondary N) is 1. The molecule has 0 saturated heterocycles. The van der Waals surface area contributed by atoms with E-state index in [1.165, 1.54) is 18.2 Å². The molecule has 0 aliphatic heterocycles. The molecular weight excluding hydrogens is 363 g/mol. The fourth-order valence-electron chi connectivity index (χ4n) is 1.33. The van der Waals surface area contributed by atoms with E-state index in [1.54, 1.807) is 0 Å². The Hall–Kier alpha value is -1.22. The Morgan fingerprint density at radius 3 is 2.68 bits per heavy atom. The minimum Gasteiger partial charge on any atom is -0.391 e. The number of non-ortho nitro benzene ring substituents is 1. The molecule has 1 unspecified atom stereocenters. The van der Waals surface area contributed by atoms with Crippen LogP contribution in [-0.2, 0) is 0 Å². The monoisotopic (exact) mass is 378 g/mol. The van der Waals surface area contributed by atoms with Crippen molar-refractivity contribution in [3.05, 3.63) is 37.4 Å². The molecule has 0 bridgehead atoms. The zero-order valence-corrected chi connectivity index (χ0v) is 12.7. The maximum atomic E-state index is 11.9. The van der Waals surface area contributed by atoms with Crippen molar-refractivity contribution in [2.45, 2.75) is 20.0 Å². The summed E-state index contributed by atoms with van der Waals surface area (Å²) in [5, 5.41) is 22.9. The summed E-state index contributed by atoms with van der Waals surface area (Å²) in [5.74, 6) is -0.391. The van der Waals surface area contributed by atoms with Gasteiger partial charge in [0.1, 0.15) is 0 Å². The molecule has 1 aromatic rings. The van der Waals surface area contributed by atoms with E-state index in [0.717, 1.165) is 0 Å². The number of aliphatic hydroxyl groups is 1. The first kappa shape index (κ1) is 15.8. The van der Waals surface area contributed by atoms with Gasteiger partial charge in [0.25, 0.3) is 11.6 Å². The van der Waals surface area contributed by atoms with Gasteiger partial charge < -0.3 is 10.4 Å². The largest absolute Gasteiger partial charge is 0.391 e. The van der Waals surface area contributed by atoms with Crippen LogP contribution in [0.1, 0.15) is 24.2 Å². The number of amides is 1. The van der Waals surface area contributed by atoms with Gasteiger partial charge in [0.2, 0.25) is 0 Å². The van der Waals surface area contributed by atoms with E-state index < -0.39 is 16.9 Å². The van der Waals surface area contributed by atoms with E-state index in [2.05, 4.69) is 5.32 Å². The second-order valence-electron chi connectivity index (χ2n) is 4.44. The van der Waals surface area contributed by atoms with Crippen LogP contribution in [0.4, 0.5) is 5.69 Å². The lowest BCUT2D eigenvalue weighted by Gasteiger charge is -2.15. The van der Waals surface area contributed by atoms with E-state index in [4.69, 9.17) is 0 Å². The molecule has 0 heterocycles. The summed E-state index contributed by atoms with van der Waals surface area (Å²) in [5.41, 5.74) is 0.112. The van der Waals surface area contributed by atoms with Gasteiger partial charge in [0.15, 0.2) is 0 Å². The quantitative estimate of drug-likeness (QED) is 0.465. The molecule has 2 N–H and O–H groups in total. The van der Waals surface area contributed by atoms with E-state index in [0.29, 0.717) is 3.57 Å². The van der Waals surface area contributed by atoms with Gasteiger partial charge in [-0.05, 0) is 34.6 Å². The molecule has 1 aromatic carbocycles. The van der Waals surface area contributed by atoms with E-state index >= 15 is 0 Å². The summed E-state index contributed by atoms with van der Waals surface area (Å²) in [4.78, 5) is 22.0. The number of carbonyl (C=O) groups is 1. The molecule has 6 nitrogen and oxygen atoms in total. The molecular formula is C12H15IN2O4. The number of halogens is 1. The number of carbonyl (C=O) groups excluding carboxylic acids is 1. The Morgan fingerprint density at radius 2 is 2.16 bits per heavy atom. The minimum atomic E-state index is -0.639. The second kappa shape index (κ2) is 6.80. The molecule has 0 aliphatic rings. The lowest BCUT2D eigenvalue weighted by Crippen LogP contribution is -2.35. The van der Waals surface area contributed by atoms with Crippen LogP contribution in [0.5, 0.6) is 0 Å². The van der Waals surface area contributed by atoms with Crippen molar-refractivity contribution in [3.63, 3.8) is 0 Å². The molecule has 0 spiro atoms. The molecule has 0 aromatic heterocycles. The third-order valence-electron chi connectivity index (χ3n) is 2.65. The maximum absolute atomic E-state index is 11.9. The molecule has 19 heavy (non-hydrogen) atoms. The van der Waals surface area contributed by atoms with Crippen molar-refractivity contribution < 1.29 is 14.8 Å². The van der Waals surface area contributed by atoms with Gasteiger partial charge >= 0.3 is 0 Å². The highest BCUT2D eigenvalue weighted by molar-refractivity contribution is 14.1. The average Bonchev–Trinajstić information content (AvgIpc) is 2.35. The summed E-state index contributed by atoms with van der Waals surface area (Å²) in [6.07, 6.45) is -0.639. The summed E-state index contributed by atoms with van der Waals surface area (Å²) in [7, 11) is 0. The molecule has 104 valence electrons. The third kappa shape index (κ3) is 4.43. The highest BCUT2D eigenvalue weighted by Crippen LogP contribution is 2.19. The van der Waals surface area contributed by atoms with Gasteiger partial charge in [-0.15, -0.1) is 0 Å². The molecule has 1 rings (SSSR count). The highest BCUT2D eigenvalue weighted by Gasteiger charge is 2.17. The van der Waals surface area contributed by atoms with Crippen molar-refractivity contribution in [1.82, 2.24) is 5.32 Å². The average molecular weight is 378 g/mol. The number of nitro benzene ring substituents is 1. The zero-order valence-electron chi connectivity index (χ0n) is 10.6. The maximum Gasteiger partial charge on any atom is 0.270 e. The number of rotatable bonds is 5. The molecule has 1 amide bonds. The SMILES string of the molecule is CC(C)C(O)CNC(=O)c1cc([N+](=O)[O-])ccc1I. The Kier molecular flexibility index (Phi) is 5.67. The Morgan fingerprint density at radius 1 is 1.53 bits per heavy atom. The molecule has 7 heteroatoms. The molecule has 0 aliphatic carbocycles. The third-order valence-corrected chi connectivity index (χ3v) is 3.59. The van der Waals surface area contributed by atoms with Gasteiger partial charge in [-0.2, -0.15) is 0 Å². The van der Waals surface area contributed by atoms with Crippen LogP contribution in [0.3, 0.4) is 0 Å². The summed E-state index contributed by atoms with van der Waals surface area (Å²) < 4.78 is 0.625. The van der Waals surface area contributed by atoms with Crippen LogP contribution in [-0.4, -0.2) is 28.6 Å². The summed E-state index contributed by atoms with van der Waals surface area (Å²) in [6.45, 7) is 3.80.